The Morgan fingerprint density at radius 1 is 1.20 bits per heavy atom. The Hall–Kier alpha value is -1.59. The molecule has 1 spiro atoms. The fraction of sp³-hybridized carbons (Fsp3) is 0.650. The molecule has 0 bridgehead atoms. The lowest BCUT2D eigenvalue weighted by Gasteiger charge is -2.46. The number of guanidine groups is 1. The average molecular weight is 344 g/mol. The van der Waals surface area contributed by atoms with Gasteiger partial charge < -0.3 is 15.5 Å². The lowest BCUT2D eigenvalue weighted by atomic mass is 9.87. The molecule has 1 fully saturated rings. The minimum atomic E-state index is 0.101. The monoisotopic (exact) mass is 343 g/mol. The van der Waals surface area contributed by atoms with Crippen LogP contribution in [-0.4, -0.2) is 72.0 Å². The van der Waals surface area contributed by atoms with Crippen LogP contribution in [0.3, 0.4) is 0 Å². The van der Waals surface area contributed by atoms with E-state index >= 15 is 0 Å². The topological polar surface area (TPSA) is 48.1 Å². The molecule has 25 heavy (non-hydrogen) atoms. The second-order valence-corrected chi connectivity index (χ2v) is 7.38. The lowest BCUT2D eigenvalue weighted by Crippen LogP contribution is -2.61. The number of rotatable bonds is 7. The van der Waals surface area contributed by atoms with Crippen molar-refractivity contribution in [3.05, 3.63) is 35.9 Å². The number of nitrogens with two attached hydrogens (primary N) is 1. The van der Waals surface area contributed by atoms with Gasteiger partial charge in [-0.1, -0.05) is 44.2 Å². The highest BCUT2D eigenvalue weighted by Crippen LogP contribution is 2.32. The van der Waals surface area contributed by atoms with Crippen molar-refractivity contribution in [2.24, 2.45) is 10.7 Å². The molecule has 0 saturated carbocycles. The molecule has 0 aromatic heterocycles. The molecule has 0 radical (unpaired) electrons. The second kappa shape index (κ2) is 8.19. The van der Waals surface area contributed by atoms with Crippen molar-refractivity contribution >= 4 is 5.96 Å². The van der Waals surface area contributed by atoms with Crippen molar-refractivity contribution in [3.8, 4) is 0 Å². The van der Waals surface area contributed by atoms with Crippen LogP contribution < -0.4 is 5.73 Å². The Labute approximate surface area is 152 Å². The zero-order chi connectivity index (χ0) is 17.7. The summed E-state index contributed by atoms with van der Waals surface area (Å²) in [5.74, 6) is 0.744. The van der Waals surface area contributed by atoms with Gasteiger partial charge in [0.2, 0.25) is 0 Å². The zero-order valence-electron chi connectivity index (χ0n) is 15.8. The normalized spacial score (nSPS) is 24.3. The van der Waals surface area contributed by atoms with Crippen LogP contribution in [0.25, 0.3) is 0 Å². The first-order valence-corrected chi connectivity index (χ1v) is 9.73. The number of piperidine rings is 1. The van der Waals surface area contributed by atoms with E-state index in [1.54, 1.807) is 0 Å². The molecule has 1 aromatic carbocycles. The fourth-order valence-electron chi connectivity index (χ4n) is 4.31. The summed E-state index contributed by atoms with van der Waals surface area (Å²) in [7, 11) is 0. The van der Waals surface area contributed by atoms with Crippen LogP contribution in [0.2, 0.25) is 0 Å². The van der Waals surface area contributed by atoms with E-state index < -0.39 is 0 Å². The number of likely N-dealkylation sites (N-methyl/N-ethyl adjacent to an activating group) is 1. The zero-order valence-corrected chi connectivity index (χ0v) is 15.8. The minimum Gasteiger partial charge on any atom is -0.370 e. The van der Waals surface area contributed by atoms with E-state index in [4.69, 9.17) is 5.73 Å². The molecular formula is C20H33N5. The van der Waals surface area contributed by atoms with E-state index in [-0.39, 0.29) is 5.54 Å². The van der Waals surface area contributed by atoms with Crippen molar-refractivity contribution in [1.82, 2.24) is 14.7 Å². The van der Waals surface area contributed by atoms with Gasteiger partial charge in [0, 0.05) is 26.2 Å². The highest BCUT2D eigenvalue weighted by Gasteiger charge is 2.44. The molecule has 1 atom stereocenters. The summed E-state index contributed by atoms with van der Waals surface area (Å²) in [4.78, 5) is 12.1. The van der Waals surface area contributed by atoms with Gasteiger partial charge in [0.1, 0.15) is 0 Å². The van der Waals surface area contributed by atoms with Crippen LogP contribution in [-0.2, 0) is 6.54 Å². The Balaban J connectivity index is 1.66. The van der Waals surface area contributed by atoms with Crippen molar-refractivity contribution in [2.45, 2.75) is 38.8 Å². The first-order valence-electron chi connectivity index (χ1n) is 9.73. The Bertz CT molecular complexity index is 569. The summed E-state index contributed by atoms with van der Waals surface area (Å²) in [6.45, 7) is 12.8. The highest BCUT2D eigenvalue weighted by atomic mass is 15.4. The lowest BCUT2D eigenvalue weighted by molar-refractivity contribution is 0.0630. The number of hydrogen-bond acceptors (Lipinski definition) is 5. The van der Waals surface area contributed by atoms with Gasteiger partial charge in [-0.3, -0.25) is 9.89 Å². The first-order chi connectivity index (χ1) is 12.2. The second-order valence-electron chi connectivity index (χ2n) is 7.38. The van der Waals surface area contributed by atoms with Crippen LogP contribution in [0.15, 0.2) is 35.3 Å². The van der Waals surface area contributed by atoms with E-state index in [0.717, 1.165) is 51.8 Å². The van der Waals surface area contributed by atoms with Crippen LogP contribution in [0.4, 0.5) is 0 Å². The van der Waals surface area contributed by atoms with Crippen LogP contribution in [0.5, 0.6) is 0 Å². The molecule has 1 aromatic rings. The Morgan fingerprint density at radius 2 is 1.96 bits per heavy atom. The van der Waals surface area contributed by atoms with E-state index in [0.29, 0.717) is 0 Å². The minimum absolute atomic E-state index is 0.101. The first kappa shape index (κ1) is 18.2. The fourth-order valence-corrected chi connectivity index (χ4v) is 4.31. The molecule has 5 heteroatoms. The largest absolute Gasteiger partial charge is 0.370 e. The quantitative estimate of drug-likeness (QED) is 0.823. The third-order valence-electron chi connectivity index (χ3n) is 5.80. The summed E-state index contributed by atoms with van der Waals surface area (Å²) in [5.41, 5.74) is 7.78. The van der Waals surface area contributed by atoms with Gasteiger partial charge in [0.25, 0.3) is 0 Å². The van der Waals surface area contributed by atoms with Crippen LogP contribution in [0, 0.1) is 0 Å². The van der Waals surface area contributed by atoms with Crippen LogP contribution in [0.1, 0.15) is 32.3 Å². The van der Waals surface area contributed by atoms with Gasteiger partial charge in [-0.25, -0.2) is 0 Å². The average Bonchev–Trinajstić information content (AvgIpc) is 2.92. The molecule has 2 aliphatic heterocycles. The van der Waals surface area contributed by atoms with Crippen molar-refractivity contribution in [3.63, 3.8) is 0 Å². The van der Waals surface area contributed by atoms with Crippen molar-refractivity contribution < 1.29 is 0 Å². The van der Waals surface area contributed by atoms with Gasteiger partial charge in [0.15, 0.2) is 5.96 Å². The molecular weight excluding hydrogens is 310 g/mol. The smallest absolute Gasteiger partial charge is 0.191 e. The van der Waals surface area contributed by atoms with E-state index in [2.05, 4.69) is 63.9 Å². The van der Waals surface area contributed by atoms with E-state index in [9.17, 15) is 0 Å². The molecule has 2 heterocycles. The molecule has 1 saturated heterocycles. The van der Waals surface area contributed by atoms with Crippen molar-refractivity contribution in [1.29, 1.82) is 0 Å². The van der Waals surface area contributed by atoms with Gasteiger partial charge in [-0.2, -0.15) is 0 Å². The molecule has 0 aliphatic carbocycles. The molecule has 138 valence electrons. The maximum atomic E-state index is 6.29. The third kappa shape index (κ3) is 4.15. The summed E-state index contributed by atoms with van der Waals surface area (Å²) < 4.78 is 0. The molecule has 2 N–H and O–H groups in total. The van der Waals surface area contributed by atoms with Crippen molar-refractivity contribution in [2.75, 3.05) is 45.8 Å². The number of aliphatic imine (C=N–C) groups is 1. The molecule has 0 amide bonds. The van der Waals surface area contributed by atoms with Gasteiger partial charge in [-0.05, 0) is 38.0 Å². The van der Waals surface area contributed by atoms with Gasteiger partial charge in [-0.15, -0.1) is 0 Å². The summed E-state index contributed by atoms with van der Waals surface area (Å²) in [6, 6.07) is 10.8. The summed E-state index contributed by atoms with van der Waals surface area (Å²) >= 11 is 0. The molecule has 1 unspecified atom stereocenters. The summed E-state index contributed by atoms with van der Waals surface area (Å²) in [5, 5.41) is 0. The SMILES string of the molecule is CCN(CC)CCN1C(N)=NCC12CCCN(Cc1ccccc1)C2. The molecule has 2 aliphatic rings. The third-order valence-corrected chi connectivity index (χ3v) is 5.80. The Kier molecular flexibility index (Phi) is 5.97. The number of nitrogens with zero attached hydrogens (tertiary/aromatic N) is 4. The standard InChI is InChI=1S/C20H33N5/c1-3-23(4-2)13-14-25-19(21)22-16-20(25)11-8-12-24(17-20)15-18-9-6-5-7-10-18/h5-7,9-10H,3-4,8,11-17H2,1-2H3,(H2,21,22). The predicted molar refractivity (Wildman–Crippen MR) is 105 cm³/mol. The highest BCUT2D eigenvalue weighted by molar-refractivity contribution is 5.81. The van der Waals surface area contributed by atoms with Gasteiger partial charge in [0.05, 0.1) is 12.1 Å². The number of hydrogen-bond donors (Lipinski definition) is 1. The van der Waals surface area contributed by atoms with E-state index in [1.807, 2.05) is 0 Å². The number of benzene rings is 1. The molecule has 3 rings (SSSR count). The number of likely N-dealkylation sites (tertiary alicyclic amines) is 1. The van der Waals surface area contributed by atoms with Gasteiger partial charge >= 0.3 is 0 Å². The van der Waals surface area contributed by atoms with Crippen LogP contribution >= 0.6 is 0 Å². The predicted octanol–water partition coefficient (Wildman–Crippen LogP) is 1.99. The maximum Gasteiger partial charge on any atom is 0.191 e. The van der Waals surface area contributed by atoms with E-state index in [1.165, 1.54) is 24.9 Å². The molecule has 5 nitrogen and oxygen atoms in total. The summed E-state index contributed by atoms with van der Waals surface area (Å²) in [6.07, 6.45) is 2.41. The Morgan fingerprint density at radius 3 is 2.68 bits per heavy atom. The maximum absolute atomic E-state index is 6.29.